The highest BCUT2D eigenvalue weighted by Gasteiger charge is 2.34. The van der Waals surface area contributed by atoms with Crippen molar-refractivity contribution in [2.45, 2.75) is 66.1 Å². The molecule has 20 heavy (non-hydrogen) atoms. The van der Waals surface area contributed by atoms with Gasteiger partial charge in [0.05, 0.1) is 18.6 Å². The predicted molar refractivity (Wildman–Crippen MR) is 79.6 cm³/mol. The maximum atomic E-state index is 12.2. The Kier molecular flexibility index (Phi) is 5.74. The maximum absolute atomic E-state index is 12.2. The molecule has 0 fully saturated rings. The molecule has 1 aromatic rings. The van der Waals surface area contributed by atoms with Gasteiger partial charge in [-0.25, -0.2) is 4.98 Å². The zero-order valence-electron chi connectivity index (χ0n) is 13.5. The molecule has 0 aliphatic heterocycles. The third-order valence-electron chi connectivity index (χ3n) is 3.53. The monoisotopic (exact) mass is 281 g/mol. The molecule has 1 N–H and O–H groups in total. The Morgan fingerprint density at radius 3 is 2.60 bits per heavy atom. The van der Waals surface area contributed by atoms with Crippen molar-refractivity contribution in [1.29, 1.82) is 0 Å². The van der Waals surface area contributed by atoms with Crippen LogP contribution in [-0.2, 0) is 16.1 Å². The quantitative estimate of drug-likeness (QED) is 0.779. The number of rotatable bonds is 7. The minimum Gasteiger partial charge on any atom is -0.465 e. The average molecular weight is 281 g/mol. The fourth-order valence-electron chi connectivity index (χ4n) is 2.27. The van der Waals surface area contributed by atoms with E-state index in [1.54, 1.807) is 0 Å². The molecule has 1 rings (SSSR count). The summed E-state index contributed by atoms with van der Waals surface area (Å²) in [4.78, 5) is 16.5. The van der Waals surface area contributed by atoms with Crippen LogP contribution in [0.2, 0.25) is 0 Å². The molecule has 1 heterocycles. The number of hydrogen-bond donors (Lipinski definition) is 1. The van der Waals surface area contributed by atoms with Crippen LogP contribution in [0.3, 0.4) is 0 Å². The van der Waals surface area contributed by atoms with Crippen LogP contribution in [0.5, 0.6) is 0 Å². The summed E-state index contributed by atoms with van der Waals surface area (Å²) in [6.07, 6.45) is 2.49. The number of imidazole rings is 1. The minimum absolute atomic E-state index is 0.191. The molecule has 0 aromatic carbocycles. The van der Waals surface area contributed by atoms with Crippen LogP contribution in [0, 0.1) is 13.8 Å². The highest BCUT2D eigenvalue weighted by atomic mass is 16.5. The van der Waals surface area contributed by atoms with Gasteiger partial charge in [0.2, 0.25) is 0 Å². The molecule has 0 radical (unpaired) electrons. The first-order chi connectivity index (χ1) is 9.30. The summed E-state index contributed by atoms with van der Waals surface area (Å²) in [5, 5.41) is 3.33. The Hall–Kier alpha value is -1.36. The van der Waals surface area contributed by atoms with Crippen molar-refractivity contribution < 1.29 is 9.53 Å². The van der Waals surface area contributed by atoms with Gasteiger partial charge in [-0.05, 0) is 48.0 Å². The highest BCUT2D eigenvalue weighted by Crippen LogP contribution is 2.16. The molecule has 0 spiro atoms. The molecule has 5 heteroatoms. The molecule has 0 saturated heterocycles. The molecular weight excluding hydrogens is 254 g/mol. The van der Waals surface area contributed by atoms with Gasteiger partial charge in [0.25, 0.3) is 0 Å². The summed E-state index contributed by atoms with van der Waals surface area (Å²) in [6, 6.07) is 0.218. The van der Waals surface area contributed by atoms with Gasteiger partial charge in [-0.3, -0.25) is 10.1 Å². The Bertz CT molecular complexity index is 454. The third kappa shape index (κ3) is 4.07. The van der Waals surface area contributed by atoms with Crippen LogP contribution in [0.1, 0.15) is 45.5 Å². The highest BCUT2D eigenvalue weighted by molar-refractivity contribution is 5.80. The molecule has 0 amide bonds. The second-order valence-electron chi connectivity index (χ2n) is 5.71. The molecule has 0 aliphatic carbocycles. The lowest BCUT2D eigenvalue weighted by atomic mass is 9.96. The first-order valence-corrected chi connectivity index (χ1v) is 7.23. The number of nitrogens with one attached hydrogen (secondary N) is 1. The van der Waals surface area contributed by atoms with Gasteiger partial charge in [-0.1, -0.05) is 0 Å². The Labute approximate surface area is 121 Å². The predicted octanol–water partition coefficient (Wildman–Crippen LogP) is 2.21. The average Bonchev–Trinajstić information content (AvgIpc) is 2.67. The van der Waals surface area contributed by atoms with Crippen LogP contribution in [0.15, 0.2) is 6.33 Å². The van der Waals surface area contributed by atoms with E-state index in [-0.39, 0.29) is 12.0 Å². The summed E-state index contributed by atoms with van der Waals surface area (Å²) >= 11 is 0. The number of carbonyl (C=O) groups excluding carboxylic acids is 1. The molecule has 0 saturated carbocycles. The van der Waals surface area contributed by atoms with E-state index >= 15 is 0 Å². The van der Waals surface area contributed by atoms with Crippen molar-refractivity contribution in [1.82, 2.24) is 14.9 Å². The maximum Gasteiger partial charge on any atom is 0.326 e. The first-order valence-electron chi connectivity index (χ1n) is 7.23. The van der Waals surface area contributed by atoms with Gasteiger partial charge in [0.1, 0.15) is 5.54 Å². The van der Waals surface area contributed by atoms with Crippen molar-refractivity contribution in [3.63, 3.8) is 0 Å². The van der Waals surface area contributed by atoms with Gasteiger partial charge in [-0.2, -0.15) is 0 Å². The molecule has 5 nitrogen and oxygen atoms in total. The van der Waals surface area contributed by atoms with Gasteiger partial charge in [-0.15, -0.1) is 0 Å². The normalized spacial score (nSPS) is 14.3. The van der Waals surface area contributed by atoms with Crippen molar-refractivity contribution in [3.05, 3.63) is 17.7 Å². The van der Waals surface area contributed by atoms with Crippen molar-refractivity contribution in [2.24, 2.45) is 0 Å². The Morgan fingerprint density at radius 1 is 1.50 bits per heavy atom. The Balaban J connectivity index is 2.79. The second kappa shape index (κ2) is 6.88. The zero-order valence-corrected chi connectivity index (χ0v) is 13.5. The molecule has 1 atom stereocenters. The number of carbonyl (C=O) groups is 1. The molecule has 0 aliphatic rings. The molecule has 0 bridgehead atoms. The topological polar surface area (TPSA) is 56.2 Å². The van der Waals surface area contributed by atoms with Crippen LogP contribution in [-0.4, -0.2) is 33.7 Å². The second-order valence-corrected chi connectivity index (χ2v) is 5.71. The van der Waals surface area contributed by atoms with E-state index in [1.165, 1.54) is 0 Å². The van der Waals surface area contributed by atoms with Gasteiger partial charge in [0, 0.05) is 18.3 Å². The number of aromatic nitrogens is 2. The van der Waals surface area contributed by atoms with E-state index in [4.69, 9.17) is 4.74 Å². The van der Waals surface area contributed by atoms with Crippen molar-refractivity contribution >= 4 is 5.97 Å². The summed E-state index contributed by atoms with van der Waals surface area (Å²) in [7, 11) is 0. The van der Waals surface area contributed by atoms with E-state index in [2.05, 4.69) is 14.9 Å². The largest absolute Gasteiger partial charge is 0.465 e. The summed E-state index contributed by atoms with van der Waals surface area (Å²) in [5.41, 5.74) is 1.50. The van der Waals surface area contributed by atoms with E-state index in [0.717, 1.165) is 17.9 Å². The molecular formula is C15H27N3O2. The standard InChI is InChI=1S/C15H27N3O2/c1-7-20-14(19)15(6,17-11(2)3)8-9-18-10-16-12(4)13(18)5/h10-11,17H,7-9H2,1-6H3. The summed E-state index contributed by atoms with van der Waals surface area (Å²) in [6.45, 7) is 13.0. The molecule has 114 valence electrons. The van der Waals surface area contributed by atoms with Crippen LogP contribution < -0.4 is 5.32 Å². The van der Waals surface area contributed by atoms with E-state index in [9.17, 15) is 4.79 Å². The van der Waals surface area contributed by atoms with Crippen molar-refractivity contribution in [3.8, 4) is 0 Å². The van der Waals surface area contributed by atoms with E-state index in [0.29, 0.717) is 13.0 Å². The Morgan fingerprint density at radius 2 is 2.15 bits per heavy atom. The zero-order chi connectivity index (χ0) is 15.3. The lowest BCUT2D eigenvalue weighted by Gasteiger charge is -2.31. The smallest absolute Gasteiger partial charge is 0.326 e. The summed E-state index contributed by atoms with van der Waals surface area (Å²) in [5.74, 6) is -0.191. The van der Waals surface area contributed by atoms with Crippen molar-refractivity contribution in [2.75, 3.05) is 6.61 Å². The van der Waals surface area contributed by atoms with Crippen LogP contribution in [0.25, 0.3) is 0 Å². The lowest BCUT2D eigenvalue weighted by Crippen LogP contribution is -2.53. The fourth-order valence-corrected chi connectivity index (χ4v) is 2.27. The fraction of sp³-hybridized carbons (Fsp3) is 0.733. The van der Waals surface area contributed by atoms with Gasteiger partial charge < -0.3 is 9.30 Å². The number of esters is 1. The molecule has 1 aromatic heterocycles. The SMILES string of the molecule is CCOC(=O)C(C)(CCn1cnc(C)c1C)NC(C)C. The number of hydrogen-bond acceptors (Lipinski definition) is 4. The lowest BCUT2D eigenvalue weighted by molar-refractivity contribution is -0.151. The first kappa shape index (κ1) is 16.7. The van der Waals surface area contributed by atoms with E-state index in [1.807, 2.05) is 47.9 Å². The number of nitrogens with zero attached hydrogens (tertiary/aromatic N) is 2. The van der Waals surface area contributed by atoms with Gasteiger partial charge in [0.15, 0.2) is 0 Å². The van der Waals surface area contributed by atoms with Crippen LogP contribution >= 0.6 is 0 Å². The van der Waals surface area contributed by atoms with E-state index < -0.39 is 5.54 Å². The van der Waals surface area contributed by atoms with Crippen LogP contribution in [0.4, 0.5) is 0 Å². The number of aryl methyl sites for hydroxylation is 2. The molecule has 1 unspecified atom stereocenters. The summed E-state index contributed by atoms with van der Waals surface area (Å²) < 4.78 is 7.28. The third-order valence-corrected chi connectivity index (χ3v) is 3.53. The minimum atomic E-state index is -0.672. The van der Waals surface area contributed by atoms with Gasteiger partial charge >= 0.3 is 5.97 Å². The number of ether oxygens (including phenoxy) is 1.